The second kappa shape index (κ2) is 5.69. The molecule has 0 aliphatic heterocycles. The van der Waals surface area contributed by atoms with Crippen LogP contribution in [0.5, 0.6) is 0 Å². The van der Waals surface area contributed by atoms with Gasteiger partial charge in [-0.05, 0) is 48.6 Å². The number of benzene rings is 1. The Kier molecular flexibility index (Phi) is 3.62. The average Bonchev–Trinajstić information content (AvgIpc) is 3.44. The average molecular weight is 331 g/mol. The Morgan fingerprint density at radius 1 is 1.33 bits per heavy atom. The van der Waals surface area contributed by atoms with Crippen LogP contribution in [0.4, 0.5) is 14.5 Å². The summed E-state index contributed by atoms with van der Waals surface area (Å²) in [5.74, 6) is 1.51. The fourth-order valence-electron chi connectivity index (χ4n) is 3.58. The third-order valence-corrected chi connectivity index (χ3v) is 4.98. The van der Waals surface area contributed by atoms with Gasteiger partial charge in [-0.15, -0.1) is 0 Å². The van der Waals surface area contributed by atoms with Gasteiger partial charge in [-0.1, -0.05) is 18.2 Å². The van der Waals surface area contributed by atoms with E-state index < -0.39 is 18.0 Å². The number of aromatic nitrogens is 2. The van der Waals surface area contributed by atoms with Gasteiger partial charge in [-0.3, -0.25) is 9.48 Å². The highest BCUT2D eigenvalue weighted by atomic mass is 19.3. The lowest BCUT2D eigenvalue weighted by molar-refractivity contribution is 0.101. The molecule has 0 bridgehead atoms. The Balaban J connectivity index is 1.56. The van der Waals surface area contributed by atoms with E-state index in [2.05, 4.69) is 10.4 Å². The quantitative estimate of drug-likeness (QED) is 0.896. The normalized spacial score (nSPS) is 22.7. The fourth-order valence-corrected chi connectivity index (χ4v) is 3.58. The van der Waals surface area contributed by atoms with E-state index in [1.165, 1.54) is 30.8 Å². The van der Waals surface area contributed by atoms with Crippen LogP contribution in [0, 0.1) is 11.8 Å². The maximum Gasteiger partial charge on any atom is 0.282 e. The van der Waals surface area contributed by atoms with Crippen LogP contribution in [0.2, 0.25) is 0 Å². The molecule has 2 atom stereocenters. The molecule has 1 N–H and O–H groups in total. The molecule has 0 radical (unpaired) electrons. The van der Waals surface area contributed by atoms with Gasteiger partial charge >= 0.3 is 0 Å². The minimum Gasteiger partial charge on any atom is -0.322 e. The van der Waals surface area contributed by atoms with E-state index in [4.69, 9.17) is 0 Å². The van der Waals surface area contributed by atoms with Crippen LogP contribution >= 0.6 is 0 Å². The van der Waals surface area contributed by atoms with Crippen molar-refractivity contribution in [2.24, 2.45) is 18.9 Å². The molecule has 1 amide bonds. The van der Waals surface area contributed by atoms with E-state index in [1.807, 2.05) is 24.3 Å². The Morgan fingerprint density at radius 2 is 2.08 bits per heavy atom. The number of nitrogens with zero attached hydrogens (tertiary/aromatic N) is 2. The molecule has 4 rings (SSSR count). The number of para-hydroxylation sites is 1. The number of nitrogens with one attached hydrogen (secondary N) is 1. The van der Waals surface area contributed by atoms with Gasteiger partial charge in [0.25, 0.3) is 12.3 Å². The molecule has 0 spiro atoms. The van der Waals surface area contributed by atoms with Crippen molar-refractivity contribution in [3.63, 3.8) is 0 Å². The van der Waals surface area contributed by atoms with Crippen LogP contribution in [0.1, 0.15) is 53.2 Å². The molecule has 2 aliphatic carbocycles. The van der Waals surface area contributed by atoms with Crippen molar-refractivity contribution >= 4 is 11.6 Å². The largest absolute Gasteiger partial charge is 0.322 e. The molecule has 1 aromatic carbocycles. The van der Waals surface area contributed by atoms with Crippen molar-refractivity contribution in [3.05, 3.63) is 47.3 Å². The van der Waals surface area contributed by atoms with E-state index >= 15 is 0 Å². The lowest BCUT2D eigenvalue weighted by Crippen LogP contribution is -2.14. The lowest BCUT2D eigenvalue weighted by atomic mass is 10.0. The molecule has 24 heavy (non-hydrogen) atoms. The molecule has 2 aliphatic rings. The van der Waals surface area contributed by atoms with E-state index in [-0.39, 0.29) is 5.56 Å². The first kappa shape index (κ1) is 15.3. The predicted octanol–water partition coefficient (Wildman–Crippen LogP) is 4.12. The highest BCUT2D eigenvalue weighted by Gasteiger charge is 2.48. The fraction of sp³-hybridized carbons (Fsp3) is 0.444. The molecule has 2 aromatic rings. The molecular formula is C18H19F2N3O. The summed E-state index contributed by atoms with van der Waals surface area (Å²) in [6, 6.07) is 7.68. The molecule has 2 fully saturated rings. The third kappa shape index (κ3) is 2.81. The van der Waals surface area contributed by atoms with Crippen LogP contribution in [-0.4, -0.2) is 15.7 Å². The van der Waals surface area contributed by atoms with E-state index in [0.717, 1.165) is 29.5 Å². The molecule has 0 saturated heterocycles. The molecule has 6 heteroatoms. The number of hydrogen-bond acceptors (Lipinski definition) is 2. The number of carbonyl (C=O) groups excluding carboxylic acids is 1. The van der Waals surface area contributed by atoms with Crippen molar-refractivity contribution < 1.29 is 13.6 Å². The summed E-state index contributed by atoms with van der Waals surface area (Å²) < 4.78 is 27.3. The lowest BCUT2D eigenvalue weighted by Gasteiger charge is -2.11. The molecule has 4 nitrogen and oxygen atoms in total. The third-order valence-electron chi connectivity index (χ3n) is 4.98. The maximum absolute atomic E-state index is 13.0. The summed E-state index contributed by atoms with van der Waals surface area (Å²) >= 11 is 0. The minimum absolute atomic E-state index is 0.0724. The zero-order valence-corrected chi connectivity index (χ0v) is 13.4. The number of anilines is 1. The van der Waals surface area contributed by atoms with Crippen LogP contribution in [0.25, 0.3) is 0 Å². The summed E-state index contributed by atoms with van der Waals surface area (Å²) in [6.45, 7) is 0. The molecule has 1 unspecified atom stereocenters. The van der Waals surface area contributed by atoms with Gasteiger partial charge < -0.3 is 5.32 Å². The van der Waals surface area contributed by atoms with Gasteiger partial charge in [0.15, 0.2) is 0 Å². The van der Waals surface area contributed by atoms with Gasteiger partial charge in [-0.2, -0.15) is 5.10 Å². The van der Waals surface area contributed by atoms with Crippen LogP contribution < -0.4 is 5.32 Å². The van der Waals surface area contributed by atoms with Crippen LogP contribution in [0.15, 0.2) is 30.5 Å². The molecule has 126 valence electrons. The van der Waals surface area contributed by atoms with Gasteiger partial charge in [0.05, 0.1) is 5.56 Å². The van der Waals surface area contributed by atoms with Gasteiger partial charge in [0.1, 0.15) is 5.69 Å². The van der Waals surface area contributed by atoms with Crippen molar-refractivity contribution in [3.8, 4) is 0 Å². The van der Waals surface area contributed by atoms with Crippen molar-refractivity contribution in [1.29, 1.82) is 0 Å². The number of rotatable bonds is 5. The topological polar surface area (TPSA) is 46.9 Å². The first-order valence-electron chi connectivity index (χ1n) is 8.26. The highest BCUT2D eigenvalue weighted by Crippen LogP contribution is 2.60. The summed E-state index contributed by atoms with van der Waals surface area (Å²) in [5, 5.41) is 6.50. The standard InChI is InChI=1S/C18H19F2N3O/c1-23-9-14(16(22-23)17(19)20)18(24)21-15-5-3-2-4-11(15)13-8-12(13)10-6-7-10/h2-5,9-10,12-13,17H,6-8H2,1H3,(H,21,24)/t12-,13?/m1/s1. The van der Waals surface area contributed by atoms with Crippen molar-refractivity contribution in [2.45, 2.75) is 31.6 Å². The summed E-state index contributed by atoms with van der Waals surface area (Å²) in [7, 11) is 1.53. The second-order valence-corrected chi connectivity index (χ2v) is 6.79. The Labute approximate surface area is 138 Å². The molecule has 2 saturated carbocycles. The number of carbonyl (C=O) groups is 1. The Hall–Kier alpha value is -2.24. The van der Waals surface area contributed by atoms with Crippen molar-refractivity contribution in [1.82, 2.24) is 9.78 Å². The van der Waals surface area contributed by atoms with Gasteiger partial charge in [0.2, 0.25) is 0 Å². The first-order valence-corrected chi connectivity index (χ1v) is 8.26. The first-order chi connectivity index (χ1) is 11.5. The van der Waals surface area contributed by atoms with E-state index in [0.29, 0.717) is 5.92 Å². The number of aryl methyl sites for hydroxylation is 1. The molecule has 1 heterocycles. The zero-order chi connectivity index (χ0) is 16.8. The predicted molar refractivity (Wildman–Crippen MR) is 86.1 cm³/mol. The number of amides is 1. The minimum atomic E-state index is -2.77. The molecular weight excluding hydrogens is 312 g/mol. The monoisotopic (exact) mass is 331 g/mol. The van der Waals surface area contributed by atoms with Crippen LogP contribution in [0.3, 0.4) is 0 Å². The number of halogens is 2. The number of hydrogen-bond donors (Lipinski definition) is 1. The summed E-state index contributed by atoms with van der Waals surface area (Å²) in [6.07, 6.45) is 2.34. The zero-order valence-electron chi connectivity index (χ0n) is 13.4. The van der Waals surface area contributed by atoms with Gasteiger partial charge in [-0.25, -0.2) is 8.78 Å². The van der Waals surface area contributed by atoms with Crippen LogP contribution in [-0.2, 0) is 7.05 Å². The summed E-state index contributed by atoms with van der Waals surface area (Å²) in [5.41, 5.74) is 1.29. The highest BCUT2D eigenvalue weighted by molar-refractivity contribution is 6.05. The van der Waals surface area contributed by atoms with Gasteiger partial charge in [0, 0.05) is 18.9 Å². The SMILES string of the molecule is Cn1cc(C(=O)Nc2ccccc2C2C[C@@H]2C2CC2)c(C(F)F)n1. The van der Waals surface area contributed by atoms with Crippen molar-refractivity contribution in [2.75, 3.05) is 5.32 Å². The maximum atomic E-state index is 13.0. The number of alkyl halides is 2. The summed E-state index contributed by atoms with van der Waals surface area (Å²) in [4.78, 5) is 12.5. The second-order valence-electron chi connectivity index (χ2n) is 6.79. The molecule has 1 aromatic heterocycles. The Morgan fingerprint density at radius 3 is 2.79 bits per heavy atom. The smallest absolute Gasteiger partial charge is 0.282 e. The van der Waals surface area contributed by atoms with E-state index in [1.54, 1.807) is 0 Å². The Bertz CT molecular complexity index is 782. The van der Waals surface area contributed by atoms with E-state index in [9.17, 15) is 13.6 Å².